The Labute approximate surface area is 181 Å². The molecule has 0 atom stereocenters. The Morgan fingerprint density at radius 1 is 1.10 bits per heavy atom. The highest BCUT2D eigenvalue weighted by Crippen LogP contribution is 2.31. The summed E-state index contributed by atoms with van der Waals surface area (Å²) in [5.41, 5.74) is 2.21. The lowest BCUT2D eigenvalue weighted by molar-refractivity contribution is -0.137. The number of pyridine rings is 2. The van der Waals surface area contributed by atoms with Crippen LogP contribution in [0.4, 0.5) is 18.9 Å². The molecule has 0 radical (unpaired) electrons. The summed E-state index contributed by atoms with van der Waals surface area (Å²) in [4.78, 5) is 16.2. The van der Waals surface area contributed by atoms with E-state index in [1.165, 1.54) is 16.5 Å². The van der Waals surface area contributed by atoms with Crippen LogP contribution >= 0.6 is 12.4 Å². The van der Waals surface area contributed by atoms with E-state index in [2.05, 4.69) is 20.5 Å². The van der Waals surface area contributed by atoms with Crippen LogP contribution < -0.4 is 11.0 Å². The van der Waals surface area contributed by atoms with Gasteiger partial charge in [0, 0.05) is 30.7 Å². The first-order valence-corrected chi connectivity index (χ1v) is 9.33. The molecule has 0 fully saturated rings. The number of benzene rings is 1. The van der Waals surface area contributed by atoms with Crippen molar-refractivity contribution >= 4 is 23.7 Å². The quantitative estimate of drug-likeness (QED) is 0.423. The molecule has 0 aliphatic rings. The molecule has 4 rings (SSSR count). The van der Waals surface area contributed by atoms with Crippen LogP contribution in [0.3, 0.4) is 0 Å². The van der Waals surface area contributed by atoms with Crippen LogP contribution in [0.1, 0.15) is 17.5 Å². The van der Waals surface area contributed by atoms with Gasteiger partial charge in [0.25, 0.3) is 0 Å². The zero-order valence-corrected chi connectivity index (χ0v) is 17.0. The van der Waals surface area contributed by atoms with Crippen LogP contribution in [0.15, 0.2) is 65.8 Å². The molecule has 162 valence electrons. The molecule has 2 N–H and O–H groups in total. The van der Waals surface area contributed by atoms with Gasteiger partial charge in [-0.3, -0.25) is 4.98 Å². The van der Waals surface area contributed by atoms with Crippen molar-refractivity contribution in [2.75, 3.05) is 11.9 Å². The average molecular weight is 450 g/mol. The lowest BCUT2D eigenvalue weighted by Crippen LogP contribution is -2.11. The maximum absolute atomic E-state index is 12.8. The molecule has 0 bridgehead atoms. The van der Waals surface area contributed by atoms with Gasteiger partial charge in [-0.1, -0.05) is 18.2 Å². The van der Waals surface area contributed by atoms with Crippen molar-refractivity contribution in [1.82, 2.24) is 19.6 Å². The fourth-order valence-corrected chi connectivity index (χ4v) is 3.21. The topological polar surface area (TPSA) is 75.1 Å². The summed E-state index contributed by atoms with van der Waals surface area (Å²) in [6.45, 7) is 0.627. The van der Waals surface area contributed by atoms with Gasteiger partial charge in [0.15, 0.2) is 5.65 Å². The number of rotatable bonds is 6. The highest BCUT2D eigenvalue weighted by Gasteiger charge is 2.30. The Hall–Kier alpha value is -3.33. The molecule has 4 aromatic rings. The van der Waals surface area contributed by atoms with Crippen LogP contribution in [0.5, 0.6) is 0 Å². The predicted molar refractivity (Wildman–Crippen MR) is 115 cm³/mol. The van der Waals surface area contributed by atoms with Gasteiger partial charge in [0.2, 0.25) is 0 Å². The number of hydrogen-bond donors (Lipinski definition) is 2. The van der Waals surface area contributed by atoms with Crippen LogP contribution in [0.25, 0.3) is 16.8 Å². The first-order valence-electron chi connectivity index (χ1n) is 9.33. The van der Waals surface area contributed by atoms with E-state index in [1.54, 1.807) is 18.5 Å². The second-order valence-electron chi connectivity index (χ2n) is 6.83. The minimum Gasteiger partial charge on any atom is -0.382 e. The zero-order chi connectivity index (χ0) is 21.1. The molecule has 0 aliphatic heterocycles. The summed E-state index contributed by atoms with van der Waals surface area (Å²) in [5.74, 6) is 0. The smallest absolute Gasteiger partial charge is 0.382 e. The highest BCUT2D eigenvalue weighted by atomic mass is 35.5. The van der Waals surface area contributed by atoms with Gasteiger partial charge >= 0.3 is 11.9 Å². The third kappa shape index (κ3) is 5.05. The van der Waals surface area contributed by atoms with Crippen LogP contribution in [0, 0.1) is 0 Å². The largest absolute Gasteiger partial charge is 0.416 e. The van der Waals surface area contributed by atoms with E-state index in [0.29, 0.717) is 29.0 Å². The van der Waals surface area contributed by atoms with E-state index in [9.17, 15) is 18.0 Å². The van der Waals surface area contributed by atoms with Crippen molar-refractivity contribution < 1.29 is 13.2 Å². The predicted octanol–water partition coefficient (Wildman–Crippen LogP) is 4.57. The molecule has 0 saturated carbocycles. The number of alkyl halides is 3. The van der Waals surface area contributed by atoms with Crippen molar-refractivity contribution in [1.29, 1.82) is 0 Å². The normalized spacial score (nSPS) is 11.3. The first kappa shape index (κ1) is 22.4. The van der Waals surface area contributed by atoms with E-state index in [0.717, 1.165) is 30.5 Å². The second-order valence-corrected chi connectivity index (χ2v) is 6.83. The molecule has 3 heterocycles. The number of halogens is 4. The van der Waals surface area contributed by atoms with Crippen molar-refractivity contribution in [3.63, 3.8) is 0 Å². The minimum atomic E-state index is -4.40. The molecular formula is C21H19ClF3N5O. The molecule has 31 heavy (non-hydrogen) atoms. The van der Waals surface area contributed by atoms with E-state index < -0.39 is 17.4 Å². The number of aromatic amines is 1. The number of nitrogens with zero attached hydrogens (tertiary/aromatic N) is 3. The van der Waals surface area contributed by atoms with Crippen molar-refractivity contribution in [3.8, 4) is 11.1 Å². The summed E-state index contributed by atoms with van der Waals surface area (Å²) in [6, 6.07) is 10.5. The summed E-state index contributed by atoms with van der Waals surface area (Å²) < 4.78 is 39.8. The molecule has 6 nitrogen and oxygen atoms in total. The fourth-order valence-electron chi connectivity index (χ4n) is 3.21. The molecule has 0 spiro atoms. The Kier molecular flexibility index (Phi) is 6.65. The SMILES string of the molecule is Cl.O=c1[nH]nc2c(NCCCc3cccnc3)cc(-c3ccc(C(F)(F)F)cc3)cn12. The molecule has 0 amide bonds. The molecule has 0 aliphatic carbocycles. The van der Waals surface area contributed by atoms with Gasteiger partial charge < -0.3 is 5.32 Å². The van der Waals surface area contributed by atoms with E-state index in [-0.39, 0.29) is 12.4 Å². The Balaban J connectivity index is 0.00000272. The van der Waals surface area contributed by atoms with E-state index in [4.69, 9.17) is 0 Å². The van der Waals surface area contributed by atoms with Gasteiger partial charge in [-0.05, 0) is 48.2 Å². The maximum atomic E-state index is 12.8. The van der Waals surface area contributed by atoms with Gasteiger partial charge in [-0.15, -0.1) is 12.4 Å². The van der Waals surface area contributed by atoms with Crippen LogP contribution in [-0.4, -0.2) is 26.1 Å². The average Bonchev–Trinajstić information content (AvgIpc) is 3.12. The van der Waals surface area contributed by atoms with Crippen molar-refractivity contribution in [3.05, 3.63) is 82.7 Å². The third-order valence-corrected chi connectivity index (χ3v) is 4.74. The number of nitrogens with one attached hydrogen (secondary N) is 2. The van der Waals surface area contributed by atoms with Crippen molar-refractivity contribution in [2.24, 2.45) is 0 Å². The van der Waals surface area contributed by atoms with Crippen molar-refractivity contribution in [2.45, 2.75) is 19.0 Å². The van der Waals surface area contributed by atoms with Crippen LogP contribution in [-0.2, 0) is 12.6 Å². The maximum Gasteiger partial charge on any atom is 0.416 e. The molecule has 1 aromatic carbocycles. The minimum absolute atomic E-state index is 0. The summed E-state index contributed by atoms with van der Waals surface area (Å²) in [5, 5.41) is 9.72. The van der Waals surface area contributed by atoms with E-state index in [1.807, 2.05) is 18.3 Å². The van der Waals surface area contributed by atoms with E-state index >= 15 is 0 Å². The number of fused-ring (bicyclic) bond motifs is 1. The van der Waals surface area contributed by atoms with Crippen LogP contribution in [0.2, 0.25) is 0 Å². The molecular weight excluding hydrogens is 431 g/mol. The number of anilines is 1. The summed E-state index contributed by atoms with van der Waals surface area (Å²) in [6.07, 6.45) is 2.37. The zero-order valence-electron chi connectivity index (χ0n) is 16.2. The highest BCUT2D eigenvalue weighted by molar-refractivity contribution is 5.85. The third-order valence-electron chi connectivity index (χ3n) is 4.74. The number of hydrogen-bond acceptors (Lipinski definition) is 4. The lowest BCUT2D eigenvalue weighted by Gasteiger charge is -2.11. The molecule has 3 aromatic heterocycles. The molecule has 0 unspecified atom stereocenters. The summed E-state index contributed by atoms with van der Waals surface area (Å²) in [7, 11) is 0. The Morgan fingerprint density at radius 3 is 2.55 bits per heavy atom. The number of H-pyrrole nitrogens is 1. The Morgan fingerprint density at radius 2 is 1.87 bits per heavy atom. The first-order chi connectivity index (χ1) is 14.4. The standard InChI is InChI=1S/C21H18F3N5O.ClH/c22-21(23,24)17-7-5-15(6-8-17)16-11-18(19-27-28-20(30)29(19)13-16)26-10-2-4-14-3-1-9-25-12-14;/h1,3,5-9,11-13,26H,2,4,10H2,(H,28,30);1H. The number of aromatic nitrogens is 4. The molecule has 10 heteroatoms. The van der Waals surface area contributed by atoms with Gasteiger partial charge in [0.1, 0.15) is 0 Å². The number of aryl methyl sites for hydroxylation is 1. The monoisotopic (exact) mass is 449 g/mol. The van der Waals surface area contributed by atoms with Gasteiger partial charge in [0.05, 0.1) is 11.3 Å². The molecule has 0 saturated heterocycles. The van der Waals surface area contributed by atoms with Gasteiger partial charge in [-0.25, -0.2) is 14.3 Å². The van der Waals surface area contributed by atoms with Gasteiger partial charge in [-0.2, -0.15) is 18.3 Å². The Bertz CT molecular complexity index is 1200. The lowest BCUT2D eigenvalue weighted by atomic mass is 10.0. The summed E-state index contributed by atoms with van der Waals surface area (Å²) >= 11 is 0. The fraction of sp³-hybridized carbons (Fsp3) is 0.190. The second kappa shape index (κ2) is 9.22.